The molecule has 5 nitrogen and oxygen atoms in total. The molecule has 0 bridgehead atoms. The van der Waals surface area contributed by atoms with Crippen LogP contribution in [0.1, 0.15) is 35.4 Å². The molecule has 0 unspecified atom stereocenters. The summed E-state index contributed by atoms with van der Waals surface area (Å²) < 4.78 is 18.4. The molecule has 0 saturated heterocycles. The van der Waals surface area contributed by atoms with E-state index in [9.17, 15) is 0 Å². The Morgan fingerprint density at radius 1 is 0.967 bits per heavy atom. The lowest BCUT2D eigenvalue weighted by Crippen LogP contribution is -2.33. The summed E-state index contributed by atoms with van der Waals surface area (Å²) in [6.45, 7) is 0.255. The van der Waals surface area contributed by atoms with Crippen LogP contribution in [0.25, 0.3) is 0 Å². The predicted octanol–water partition coefficient (Wildman–Crippen LogP) is 6.07. The average Bonchev–Trinajstić information content (AvgIpc) is 3.40. The van der Waals surface area contributed by atoms with E-state index in [2.05, 4.69) is 28.1 Å². The lowest BCUT2D eigenvalue weighted by atomic mass is 9.95. The van der Waals surface area contributed by atoms with Crippen LogP contribution in [0.2, 0.25) is 5.02 Å². The summed E-state index contributed by atoms with van der Waals surface area (Å²) in [6, 6.07) is 19.9. The van der Waals surface area contributed by atoms with Crippen molar-refractivity contribution in [2.24, 2.45) is 5.10 Å². The quantitative estimate of drug-likeness (QED) is 0.443. The summed E-state index contributed by atoms with van der Waals surface area (Å²) in [5.74, 6) is 2.36. The minimum atomic E-state index is -0.326. The molecular weight excluding hydrogens is 468 g/mol. The zero-order valence-electron chi connectivity index (χ0n) is 15.7. The molecule has 0 radical (unpaired) electrons. The number of nitrogens with zero attached hydrogens (tertiary/aromatic N) is 2. The van der Waals surface area contributed by atoms with Crippen molar-refractivity contribution in [3.63, 3.8) is 0 Å². The van der Waals surface area contributed by atoms with E-state index < -0.39 is 0 Å². The predicted molar refractivity (Wildman–Crippen MR) is 117 cm³/mol. The first-order valence-corrected chi connectivity index (χ1v) is 10.8. The van der Waals surface area contributed by atoms with Gasteiger partial charge in [-0.15, -0.1) is 0 Å². The van der Waals surface area contributed by atoms with Gasteiger partial charge in [0.1, 0.15) is 5.75 Å². The van der Waals surface area contributed by atoms with Crippen LogP contribution in [-0.2, 0) is 0 Å². The summed E-state index contributed by atoms with van der Waals surface area (Å²) in [7, 11) is 0. The van der Waals surface area contributed by atoms with Crippen molar-refractivity contribution in [3.05, 3.63) is 86.8 Å². The number of rotatable bonds is 2. The molecule has 2 atom stereocenters. The normalized spacial score (nSPS) is 21.0. The first-order chi connectivity index (χ1) is 14.7. The van der Waals surface area contributed by atoms with Gasteiger partial charge in [0.05, 0.1) is 11.8 Å². The minimum absolute atomic E-state index is 0.0388. The Morgan fingerprint density at radius 2 is 1.83 bits per heavy atom. The van der Waals surface area contributed by atoms with Crippen LogP contribution in [0.3, 0.4) is 0 Å². The Kier molecular flexibility index (Phi) is 4.18. The second-order valence-corrected chi connectivity index (χ2v) is 8.77. The van der Waals surface area contributed by atoms with Crippen LogP contribution in [0, 0.1) is 0 Å². The zero-order valence-corrected chi connectivity index (χ0v) is 18.1. The third-order valence-electron chi connectivity index (χ3n) is 5.59. The number of ether oxygens (including phenoxy) is 3. The van der Waals surface area contributed by atoms with Crippen LogP contribution in [-0.4, -0.2) is 17.5 Å². The molecule has 30 heavy (non-hydrogen) atoms. The summed E-state index contributed by atoms with van der Waals surface area (Å²) in [5, 5.41) is 7.72. The second-order valence-electron chi connectivity index (χ2n) is 7.42. The van der Waals surface area contributed by atoms with E-state index in [1.807, 2.05) is 53.5 Å². The van der Waals surface area contributed by atoms with Crippen LogP contribution in [0.4, 0.5) is 0 Å². The smallest absolute Gasteiger partial charge is 0.231 e. The van der Waals surface area contributed by atoms with Crippen LogP contribution in [0.15, 0.2) is 70.2 Å². The van der Waals surface area contributed by atoms with E-state index in [0.29, 0.717) is 5.02 Å². The van der Waals surface area contributed by atoms with Gasteiger partial charge in [0.2, 0.25) is 13.0 Å². The molecule has 7 heteroatoms. The fourth-order valence-corrected chi connectivity index (χ4v) is 4.79. The zero-order chi connectivity index (χ0) is 20.2. The Hall–Kier alpha value is -2.70. The molecule has 3 aliphatic rings. The molecule has 3 aromatic carbocycles. The largest absolute Gasteiger partial charge is 0.464 e. The van der Waals surface area contributed by atoms with Gasteiger partial charge in [-0.3, -0.25) is 0 Å². The number of hydrogen-bond acceptors (Lipinski definition) is 5. The summed E-state index contributed by atoms with van der Waals surface area (Å²) in [6.07, 6.45) is 0.425. The van der Waals surface area contributed by atoms with Crippen LogP contribution >= 0.6 is 27.5 Å². The van der Waals surface area contributed by atoms with Gasteiger partial charge in [-0.1, -0.05) is 39.7 Å². The minimum Gasteiger partial charge on any atom is -0.464 e. The average molecular weight is 484 g/mol. The summed E-state index contributed by atoms with van der Waals surface area (Å²) in [5.41, 5.74) is 4.08. The molecular formula is C23H16BrClN2O3. The van der Waals surface area contributed by atoms with Gasteiger partial charge in [-0.25, -0.2) is 5.01 Å². The number of halogens is 2. The molecule has 6 rings (SSSR count). The molecule has 3 heterocycles. The maximum absolute atomic E-state index is 6.39. The van der Waals surface area contributed by atoms with E-state index in [1.54, 1.807) is 0 Å². The molecule has 0 saturated carbocycles. The van der Waals surface area contributed by atoms with Crippen molar-refractivity contribution in [1.29, 1.82) is 0 Å². The second kappa shape index (κ2) is 6.93. The highest BCUT2D eigenvalue weighted by atomic mass is 79.9. The fraction of sp³-hybridized carbons (Fsp3) is 0.174. The van der Waals surface area contributed by atoms with Crippen molar-refractivity contribution in [2.75, 3.05) is 6.79 Å². The van der Waals surface area contributed by atoms with Gasteiger partial charge in [0, 0.05) is 32.6 Å². The fourth-order valence-electron chi connectivity index (χ4n) is 4.19. The van der Waals surface area contributed by atoms with E-state index in [-0.39, 0.29) is 19.1 Å². The van der Waals surface area contributed by atoms with Crippen molar-refractivity contribution in [3.8, 4) is 17.2 Å². The maximum atomic E-state index is 6.39. The Balaban J connectivity index is 1.44. The molecule has 150 valence electrons. The van der Waals surface area contributed by atoms with E-state index >= 15 is 0 Å². The van der Waals surface area contributed by atoms with Crippen molar-refractivity contribution >= 4 is 33.2 Å². The first kappa shape index (κ1) is 18.1. The molecule has 0 aliphatic carbocycles. The lowest BCUT2D eigenvalue weighted by Gasteiger charge is -2.38. The van der Waals surface area contributed by atoms with Crippen molar-refractivity contribution < 1.29 is 14.2 Å². The van der Waals surface area contributed by atoms with Gasteiger partial charge < -0.3 is 14.2 Å². The number of fused-ring (bicyclic) bond motifs is 4. The van der Waals surface area contributed by atoms with Crippen LogP contribution in [0.5, 0.6) is 17.2 Å². The highest BCUT2D eigenvalue weighted by molar-refractivity contribution is 9.10. The SMILES string of the molecule is Clc1ccc2c(c1)[C@@H]1CC(c3ccc4c(c3)OCO4)=NN1[C@H](c1cccc(Br)c1)O2. The maximum Gasteiger partial charge on any atom is 0.231 e. The van der Waals surface area contributed by atoms with E-state index in [1.165, 1.54) is 0 Å². The molecule has 0 spiro atoms. The molecule has 0 fully saturated rings. The summed E-state index contributed by atoms with van der Waals surface area (Å²) in [4.78, 5) is 0. The number of benzene rings is 3. The van der Waals surface area contributed by atoms with Crippen molar-refractivity contribution in [2.45, 2.75) is 18.7 Å². The lowest BCUT2D eigenvalue weighted by molar-refractivity contribution is -0.0190. The number of hydrazone groups is 1. The molecule has 0 N–H and O–H groups in total. The Bertz CT molecular complexity index is 1200. The molecule has 3 aromatic rings. The van der Waals surface area contributed by atoms with Crippen molar-refractivity contribution in [1.82, 2.24) is 5.01 Å². The van der Waals surface area contributed by atoms with Gasteiger partial charge in [0.15, 0.2) is 11.5 Å². The molecule has 0 aromatic heterocycles. The Labute approximate surface area is 186 Å². The monoisotopic (exact) mass is 482 g/mol. The van der Waals surface area contributed by atoms with Gasteiger partial charge in [-0.05, 0) is 48.5 Å². The molecule has 0 amide bonds. The standard InChI is InChI=1S/C23H16BrClN2O3/c24-15-3-1-2-14(8-15)23-27-19(17-10-16(25)5-7-20(17)30-23)11-18(26-27)13-4-6-21-22(9-13)29-12-28-21/h1-10,19,23H,11-12H2/t19-,23-/m0/s1. The highest BCUT2D eigenvalue weighted by Gasteiger charge is 2.41. The number of hydrogen-bond donors (Lipinski definition) is 0. The van der Waals surface area contributed by atoms with Crippen LogP contribution < -0.4 is 14.2 Å². The topological polar surface area (TPSA) is 43.3 Å². The van der Waals surface area contributed by atoms with Gasteiger partial charge in [0.25, 0.3) is 0 Å². The van der Waals surface area contributed by atoms with E-state index in [4.69, 9.17) is 30.9 Å². The van der Waals surface area contributed by atoms with E-state index in [0.717, 1.165) is 50.5 Å². The Morgan fingerprint density at radius 3 is 2.73 bits per heavy atom. The third kappa shape index (κ3) is 2.94. The summed E-state index contributed by atoms with van der Waals surface area (Å²) >= 11 is 9.88. The van der Waals surface area contributed by atoms with Gasteiger partial charge >= 0.3 is 0 Å². The highest BCUT2D eigenvalue weighted by Crippen LogP contribution is 2.48. The third-order valence-corrected chi connectivity index (χ3v) is 6.32. The molecule has 3 aliphatic heterocycles. The first-order valence-electron chi connectivity index (χ1n) is 9.63. The van der Waals surface area contributed by atoms with Gasteiger partial charge in [-0.2, -0.15) is 5.10 Å².